The lowest BCUT2D eigenvalue weighted by atomic mass is 10.2. The Balaban J connectivity index is 1.82. The Morgan fingerprint density at radius 2 is 2.11 bits per heavy atom. The van der Waals surface area contributed by atoms with Crippen LogP contribution in [0.15, 0.2) is 30.3 Å². The number of hydrogen-bond donors (Lipinski definition) is 3. The Hall–Kier alpha value is -2.08. The maximum absolute atomic E-state index is 11.8. The summed E-state index contributed by atoms with van der Waals surface area (Å²) in [6.07, 6.45) is -0.916. The molecule has 0 aromatic heterocycles. The van der Waals surface area contributed by atoms with Gasteiger partial charge in [0, 0.05) is 37.8 Å². The molecule has 0 saturated carbocycles. The van der Waals surface area contributed by atoms with Crippen LogP contribution in [0.2, 0.25) is 0 Å². The fourth-order valence-electron chi connectivity index (χ4n) is 2.04. The van der Waals surface area contributed by atoms with Crippen molar-refractivity contribution in [3.63, 3.8) is 0 Å². The molecule has 6 nitrogen and oxygen atoms in total. The number of hydrogen-bond acceptors (Lipinski definition) is 3. The molecular weight excluding hydrogens is 246 g/mol. The highest BCUT2D eigenvalue weighted by molar-refractivity contribution is 5.94. The van der Waals surface area contributed by atoms with Crippen molar-refractivity contribution in [3.05, 3.63) is 35.9 Å². The summed E-state index contributed by atoms with van der Waals surface area (Å²) in [5.41, 5.74) is 0.605. The molecule has 1 unspecified atom stereocenters. The lowest BCUT2D eigenvalue weighted by Gasteiger charge is -2.31. The molecule has 1 fully saturated rings. The number of amides is 2. The fraction of sp³-hybridized carbons (Fsp3) is 0.385. The Morgan fingerprint density at radius 3 is 2.79 bits per heavy atom. The average molecular weight is 263 g/mol. The minimum Gasteiger partial charge on any atom is -0.465 e. The summed E-state index contributed by atoms with van der Waals surface area (Å²) in [7, 11) is 0. The molecule has 3 N–H and O–H groups in total. The summed E-state index contributed by atoms with van der Waals surface area (Å²) in [4.78, 5) is 24.1. The Labute approximate surface area is 111 Å². The van der Waals surface area contributed by atoms with Crippen LogP contribution in [0.5, 0.6) is 0 Å². The van der Waals surface area contributed by atoms with Crippen LogP contribution in [0.3, 0.4) is 0 Å². The number of carboxylic acid groups (broad SMARTS) is 1. The van der Waals surface area contributed by atoms with Crippen molar-refractivity contribution in [1.29, 1.82) is 0 Å². The van der Waals surface area contributed by atoms with Crippen LogP contribution in [0.25, 0.3) is 0 Å². The molecule has 1 aliphatic heterocycles. The van der Waals surface area contributed by atoms with Crippen molar-refractivity contribution in [2.24, 2.45) is 0 Å². The van der Waals surface area contributed by atoms with Gasteiger partial charge in [0.2, 0.25) is 0 Å². The van der Waals surface area contributed by atoms with Gasteiger partial charge < -0.3 is 20.6 Å². The molecule has 6 heteroatoms. The normalized spacial score (nSPS) is 18.9. The van der Waals surface area contributed by atoms with Crippen LogP contribution in [0.1, 0.15) is 10.4 Å². The Morgan fingerprint density at radius 1 is 1.37 bits per heavy atom. The van der Waals surface area contributed by atoms with Crippen LogP contribution >= 0.6 is 0 Å². The van der Waals surface area contributed by atoms with Crippen LogP contribution < -0.4 is 10.6 Å². The van der Waals surface area contributed by atoms with E-state index in [4.69, 9.17) is 5.11 Å². The predicted molar refractivity (Wildman–Crippen MR) is 70.2 cm³/mol. The first kappa shape index (κ1) is 13.4. The zero-order valence-corrected chi connectivity index (χ0v) is 10.5. The largest absolute Gasteiger partial charge is 0.465 e. The molecule has 19 heavy (non-hydrogen) atoms. The van der Waals surface area contributed by atoms with E-state index >= 15 is 0 Å². The first-order valence-corrected chi connectivity index (χ1v) is 6.21. The van der Waals surface area contributed by atoms with E-state index in [-0.39, 0.29) is 11.9 Å². The van der Waals surface area contributed by atoms with Crippen molar-refractivity contribution in [2.45, 2.75) is 6.04 Å². The van der Waals surface area contributed by atoms with Gasteiger partial charge in [0.15, 0.2) is 0 Å². The third-order valence-electron chi connectivity index (χ3n) is 3.07. The van der Waals surface area contributed by atoms with Gasteiger partial charge in [-0.1, -0.05) is 18.2 Å². The lowest BCUT2D eigenvalue weighted by Crippen LogP contribution is -2.56. The van der Waals surface area contributed by atoms with Crippen molar-refractivity contribution >= 4 is 12.0 Å². The molecule has 0 bridgehead atoms. The van der Waals surface area contributed by atoms with Crippen molar-refractivity contribution in [1.82, 2.24) is 15.5 Å². The highest BCUT2D eigenvalue weighted by Crippen LogP contribution is 2.01. The van der Waals surface area contributed by atoms with Crippen LogP contribution in [0, 0.1) is 0 Å². The van der Waals surface area contributed by atoms with E-state index < -0.39 is 6.09 Å². The van der Waals surface area contributed by atoms with E-state index in [0.29, 0.717) is 31.7 Å². The van der Waals surface area contributed by atoms with Crippen molar-refractivity contribution in [3.8, 4) is 0 Å². The predicted octanol–water partition coefficient (Wildman–Crippen LogP) is 0.368. The second kappa shape index (κ2) is 6.19. The number of nitrogens with zero attached hydrogens (tertiary/aromatic N) is 1. The van der Waals surface area contributed by atoms with Crippen molar-refractivity contribution < 1.29 is 14.7 Å². The summed E-state index contributed by atoms with van der Waals surface area (Å²) in [6, 6.07) is 8.90. The van der Waals surface area contributed by atoms with Crippen LogP contribution in [-0.2, 0) is 0 Å². The van der Waals surface area contributed by atoms with E-state index in [0.717, 1.165) is 0 Å². The number of rotatable bonds is 3. The van der Waals surface area contributed by atoms with Crippen LogP contribution in [-0.4, -0.2) is 54.2 Å². The minimum absolute atomic E-state index is 0.0440. The van der Waals surface area contributed by atoms with E-state index in [1.165, 1.54) is 4.90 Å². The number of benzene rings is 1. The fourth-order valence-corrected chi connectivity index (χ4v) is 2.04. The van der Waals surface area contributed by atoms with Crippen LogP contribution in [0.4, 0.5) is 4.79 Å². The van der Waals surface area contributed by atoms with Gasteiger partial charge in [0.1, 0.15) is 0 Å². The van der Waals surface area contributed by atoms with E-state index in [9.17, 15) is 9.59 Å². The van der Waals surface area contributed by atoms with Crippen molar-refractivity contribution in [2.75, 3.05) is 26.2 Å². The molecule has 2 rings (SSSR count). The molecule has 2 amide bonds. The Bertz CT molecular complexity index is 450. The van der Waals surface area contributed by atoms with Gasteiger partial charge in [-0.05, 0) is 12.1 Å². The summed E-state index contributed by atoms with van der Waals surface area (Å²) in [5, 5.41) is 14.9. The van der Waals surface area contributed by atoms with Gasteiger partial charge in [-0.15, -0.1) is 0 Å². The molecule has 0 radical (unpaired) electrons. The van der Waals surface area contributed by atoms with E-state index in [2.05, 4.69) is 10.6 Å². The molecule has 1 aromatic rings. The standard InChI is InChI=1S/C13H17N3O3/c17-12(10-4-2-1-3-5-10)15-8-11-9-16(13(18)19)7-6-14-11/h1-5,11,14H,6-9H2,(H,15,17)(H,18,19). The molecule has 1 saturated heterocycles. The first-order chi connectivity index (χ1) is 9.16. The topological polar surface area (TPSA) is 81.7 Å². The minimum atomic E-state index is -0.916. The summed E-state index contributed by atoms with van der Waals surface area (Å²) < 4.78 is 0. The maximum atomic E-state index is 11.8. The third-order valence-corrected chi connectivity index (χ3v) is 3.07. The molecule has 0 aliphatic carbocycles. The number of carbonyl (C=O) groups is 2. The summed E-state index contributed by atoms with van der Waals surface area (Å²) in [6.45, 7) is 1.90. The maximum Gasteiger partial charge on any atom is 0.407 e. The Kier molecular flexibility index (Phi) is 4.35. The average Bonchev–Trinajstić information content (AvgIpc) is 2.46. The molecular formula is C13H17N3O3. The van der Waals surface area contributed by atoms with E-state index in [1.807, 2.05) is 6.07 Å². The number of piperazine rings is 1. The monoisotopic (exact) mass is 263 g/mol. The highest BCUT2D eigenvalue weighted by atomic mass is 16.4. The zero-order chi connectivity index (χ0) is 13.7. The molecule has 1 heterocycles. The summed E-state index contributed by atoms with van der Waals surface area (Å²) in [5.74, 6) is -0.144. The van der Waals surface area contributed by atoms with Gasteiger partial charge in [-0.25, -0.2) is 4.79 Å². The zero-order valence-electron chi connectivity index (χ0n) is 10.5. The second-order valence-corrected chi connectivity index (χ2v) is 4.46. The molecule has 102 valence electrons. The second-order valence-electron chi connectivity index (χ2n) is 4.46. The lowest BCUT2D eigenvalue weighted by molar-refractivity contribution is 0.0940. The summed E-state index contributed by atoms with van der Waals surface area (Å²) >= 11 is 0. The smallest absolute Gasteiger partial charge is 0.407 e. The van der Waals surface area contributed by atoms with Gasteiger partial charge in [-0.2, -0.15) is 0 Å². The molecule has 1 aromatic carbocycles. The van der Waals surface area contributed by atoms with E-state index in [1.54, 1.807) is 24.3 Å². The van der Waals surface area contributed by atoms with Gasteiger partial charge in [0.25, 0.3) is 5.91 Å². The third kappa shape index (κ3) is 3.69. The molecule has 1 aliphatic rings. The van der Waals surface area contributed by atoms with Gasteiger partial charge in [0.05, 0.1) is 0 Å². The SMILES string of the molecule is O=C(NCC1CN(C(=O)O)CCN1)c1ccccc1. The highest BCUT2D eigenvalue weighted by Gasteiger charge is 2.22. The quantitative estimate of drug-likeness (QED) is 0.736. The molecule has 1 atom stereocenters. The van der Waals surface area contributed by atoms with Gasteiger partial charge >= 0.3 is 6.09 Å². The molecule has 0 spiro atoms. The number of nitrogens with one attached hydrogen (secondary N) is 2. The first-order valence-electron chi connectivity index (χ1n) is 6.21. The van der Waals surface area contributed by atoms with Gasteiger partial charge in [-0.3, -0.25) is 4.79 Å². The number of carbonyl (C=O) groups excluding carboxylic acids is 1.